The van der Waals surface area contributed by atoms with Gasteiger partial charge in [0.2, 0.25) is 0 Å². The lowest BCUT2D eigenvalue weighted by atomic mass is 10.1. The molecule has 1 fully saturated rings. The minimum atomic E-state index is 0.279. The van der Waals surface area contributed by atoms with Crippen molar-refractivity contribution in [1.82, 2.24) is 9.97 Å². The molecule has 3 N–H and O–H groups in total. The minimum Gasteiger partial charge on any atom is -0.342 e. The van der Waals surface area contributed by atoms with E-state index in [4.69, 9.17) is 5.73 Å². The van der Waals surface area contributed by atoms with Gasteiger partial charge in [0.15, 0.2) is 0 Å². The summed E-state index contributed by atoms with van der Waals surface area (Å²) in [4.78, 5) is 7.99. The number of benzene rings is 1. The molecular formula is C13H17N3. The average Bonchev–Trinajstić information content (AvgIpc) is 3.01. The monoisotopic (exact) mass is 215 g/mol. The normalized spacial score (nSPS) is 17.9. The first-order chi connectivity index (χ1) is 7.74. The predicted molar refractivity (Wildman–Crippen MR) is 65.2 cm³/mol. The lowest BCUT2D eigenvalue weighted by Crippen LogP contribution is -2.25. The van der Waals surface area contributed by atoms with E-state index >= 15 is 0 Å². The number of hydrogen-bond acceptors (Lipinski definition) is 2. The molecule has 1 unspecified atom stereocenters. The van der Waals surface area contributed by atoms with Crippen molar-refractivity contribution < 1.29 is 0 Å². The molecule has 0 spiro atoms. The van der Waals surface area contributed by atoms with E-state index in [1.54, 1.807) is 0 Å². The fourth-order valence-corrected chi connectivity index (χ4v) is 2.24. The van der Waals surface area contributed by atoms with Gasteiger partial charge in [-0.1, -0.05) is 12.1 Å². The molecule has 0 amide bonds. The maximum absolute atomic E-state index is 6.11. The first-order valence-corrected chi connectivity index (χ1v) is 5.94. The van der Waals surface area contributed by atoms with Crippen LogP contribution < -0.4 is 5.73 Å². The number of rotatable bonds is 3. The molecule has 0 aliphatic heterocycles. The molecule has 1 saturated carbocycles. The van der Waals surface area contributed by atoms with Gasteiger partial charge in [0.05, 0.1) is 11.0 Å². The van der Waals surface area contributed by atoms with E-state index in [9.17, 15) is 0 Å². The van der Waals surface area contributed by atoms with Crippen LogP contribution in [0.4, 0.5) is 0 Å². The molecule has 1 heterocycles. The maximum atomic E-state index is 6.11. The van der Waals surface area contributed by atoms with Crippen LogP contribution in [0, 0.1) is 12.8 Å². The molecule has 1 aliphatic carbocycles. The van der Waals surface area contributed by atoms with E-state index in [0.717, 1.165) is 29.2 Å². The Morgan fingerprint density at radius 1 is 1.50 bits per heavy atom. The molecule has 0 bridgehead atoms. The van der Waals surface area contributed by atoms with Gasteiger partial charge in [0.25, 0.3) is 0 Å². The molecule has 0 saturated heterocycles. The molecule has 3 rings (SSSR count). The summed E-state index contributed by atoms with van der Waals surface area (Å²) in [6.07, 6.45) is 3.46. The lowest BCUT2D eigenvalue weighted by Gasteiger charge is -2.06. The number of fused-ring (bicyclic) bond motifs is 1. The molecule has 16 heavy (non-hydrogen) atoms. The molecule has 1 aromatic carbocycles. The second-order valence-corrected chi connectivity index (χ2v) is 4.86. The molecule has 84 valence electrons. The largest absolute Gasteiger partial charge is 0.342 e. The first kappa shape index (κ1) is 9.85. The van der Waals surface area contributed by atoms with Crippen LogP contribution in [-0.2, 0) is 6.42 Å². The first-order valence-electron chi connectivity index (χ1n) is 5.94. The van der Waals surface area contributed by atoms with Gasteiger partial charge in [-0.05, 0) is 37.3 Å². The summed E-state index contributed by atoms with van der Waals surface area (Å²) in [7, 11) is 0. The van der Waals surface area contributed by atoms with E-state index in [1.807, 2.05) is 0 Å². The van der Waals surface area contributed by atoms with Crippen molar-refractivity contribution >= 4 is 11.0 Å². The van der Waals surface area contributed by atoms with E-state index in [-0.39, 0.29) is 6.04 Å². The maximum Gasteiger partial charge on any atom is 0.108 e. The summed E-state index contributed by atoms with van der Waals surface area (Å²) >= 11 is 0. The molecule has 3 nitrogen and oxygen atoms in total. The van der Waals surface area contributed by atoms with Gasteiger partial charge >= 0.3 is 0 Å². The van der Waals surface area contributed by atoms with Gasteiger partial charge in [-0.2, -0.15) is 0 Å². The Bertz CT molecular complexity index is 511. The number of para-hydroxylation sites is 1. The van der Waals surface area contributed by atoms with Gasteiger partial charge < -0.3 is 10.7 Å². The summed E-state index contributed by atoms with van der Waals surface area (Å²) in [5.74, 6) is 1.76. The number of imidazole rings is 1. The fourth-order valence-electron chi connectivity index (χ4n) is 2.24. The molecule has 2 aromatic rings. The van der Waals surface area contributed by atoms with Crippen molar-refractivity contribution in [3.63, 3.8) is 0 Å². The van der Waals surface area contributed by atoms with Gasteiger partial charge in [-0.3, -0.25) is 0 Å². The summed E-state index contributed by atoms with van der Waals surface area (Å²) in [6, 6.07) is 6.50. The Morgan fingerprint density at radius 2 is 2.31 bits per heavy atom. The van der Waals surface area contributed by atoms with E-state index in [1.165, 1.54) is 18.4 Å². The van der Waals surface area contributed by atoms with Crippen LogP contribution in [0.2, 0.25) is 0 Å². The summed E-state index contributed by atoms with van der Waals surface area (Å²) in [5.41, 5.74) is 9.54. The Kier molecular flexibility index (Phi) is 2.21. The average molecular weight is 215 g/mol. The summed E-state index contributed by atoms with van der Waals surface area (Å²) < 4.78 is 0. The van der Waals surface area contributed by atoms with Crippen LogP contribution in [0.15, 0.2) is 18.2 Å². The van der Waals surface area contributed by atoms with Crippen LogP contribution in [0.5, 0.6) is 0 Å². The topological polar surface area (TPSA) is 54.7 Å². The second kappa shape index (κ2) is 3.59. The van der Waals surface area contributed by atoms with Crippen molar-refractivity contribution in [3.8, 4) is 0 Å². The zero-order chi connectivity index (χ0) is 11.1. The van der Waals surface area contributed by atoms with Crippen molar-refractivity contribution in [1.29, 1.82) is 0 Å². The van der Waals surface area contributed by atoms with Gasteiger partial charge in [0, 0.05) is 12.5 Å². The standard InChI is InChI=1S/C13H17N3/c1-8-3-2-4-11-13(8)16-12(15-11)7-10(14)9-5-6-9/h2-4,9-10H,5-7,14H2,1H3,(H,15,16). The van der Waals surface area contributed by atoms with Crippen LogP contribution in [0.25, 0.3) is 11.0 Å². The third-order valence-electron chi connectivity index (χ3n) is 3.42. The minimum absolute atomic E-state index is 0.279. The number of H-pyrrole nitrogens is 1. The highest BCUT2D eigenvalue weighted by Crippen LogP contribution is 2.32. The highest BCUT2D eigenvalue weighted by molar-refractivity contribution is 5.78. The Balaban J connectivity index is 1.89. The number of nitrogens with one attached hydrogen (secondary N) is 1. The number of nitrogens with two attached hydrogens (primary N) is 1. The Labute approximate surface area is 95.1 Å². The smallest absolute Gasteiger partial charge is 0.108 e. The molecular weight excluding hydrogens is 198 g/mol. The van der Waals surface area contributed by atoms with Crippen molar-refractivity contribution in [2.24, 2.45) is 11.7 Å². The number of hydrogen-bond donors (Lipinski definition) is 2. The van der Waals surface area contributed by atoms with Crippen LogP contribution in [-0.4, -0.2) is 16.0 Å². The molecule has 0 radical (unpaired) electrons. The van der Waals surface area contributed by atoms with Crippen LogP contribution in [0.1, 0.15) is 24.2 Å². The second-order valence-electron chi connectivity index (χ2n) is 4.86. The number of aromatic amines is 1. The van der Waals surface area contributed by atoms with E-state index in [0.29, 0.717) is 0 Å². The van der Waals surface area contributed by atoms with Crippen LogP contribution >= 0.6 is 0 Å². The number of nitrogens with zero attached hydrogens (tertiary/aromatic N) is 1. The highest BCUT2D eigenvalue weighted by atomic mass is 14.9. The lowest BCUT2D eigenvalue weighted by molar-refractivity contribution is 0.579. The Hall–Kier alpha value is -1.35. The zero-order valence-corrected chi connectivity index (χ0v) is 9.53. The fraction of sp³-hybridized carbons (Fsp3) is 0.462. The molecule has 1 atom stereocenters. The highest BCUT2D eigenvalue weighted by Gasteiger charge is 2.29. The van der Waals surface area contributed by atoms with Crippen LogP contribution in [0.3, 0.4) is 0 Å². The molecule has 1 aromatic heterocycles. The quantitative estimate of drug-likeness (QED) is 0.824. The summed E-state index contributed by atoms with van der Waals surface area (Å²) in [6.45, 7) is 2.09. The zero-order valence-electron chi connectivity index (χ0n) is 9.53. The van der Waals surface area contributed by atoms with Gasteiger partial charge in [-0.25, -0.2) is 4.98 Å². The van der Waals surface area contributed by atoms with E-state index in [2.05, 4.69) is 35.1 Å². The van der Waals surface area contributed by atoms with Gasteiger partial charge in [-0.15, -0.1) is 0 Å². The van der Waals surface area contributed by atoms with E-state index < -0.39 is 0 Å². The van der Waals surface area contributed by atoms with Crippen molar-refractivity contribution in [3.05, 3.63) is 29.6 Å². The number of aryl methyl sites for hydroxylation is 1. The summed E-state index contributed by atoms with van der Waals surface area (Å²) in [5, 5.41) is 0. The Morgan fingerprint density at radius 3 is 3.00 bits per heavy atom. The predicted octanol–water partition coefficient (Wildman–Crippen LogP) is 2.15. The van der Waals surface area contributed by atoms with Gasteiger partial charge in [0.1, 0.15) is 5.82 Å². The third kappa shape index (κ3) is 1.71. The van der Waals surface area contributed by atoms with Crippen molar-refractivity contribution in [2.45, 2.75) is 32.2 Å². The SMILES string of the molecule is Cc1cccc2[nH]c(CC(N)C3CC3)nc12. The van der Waals surface area contributed by atoms with Crippen molar-refractivity contribution in [2.75, 3.05) is 0 Å². The molecule has 1 aliphatic rings. The molecule has 3 heteroatoms. The third-order valence-corrected chi connectivity index (χ3v) is 3.42. The number of aromatic nitrogens is 2.